The van der Waals surface area contributed by atoms with Crippen LogP contribution < -0.4 is 4.74 Å². The Balaban J connectivity index is 2.81. The average molecular weight is 237 g/mol. The Bertz CT molecular complexity index is 380. The lowest BCUT2D eigenvalue weighted by molar-refractivity contribution is 0.121. The van der Waals surface area contributed by atoms with Crippen LogP contribution in [-0.4, -0.2) is 28.2 Å². The normalized spacial score (nSPS) is 10.7. The van der Waals surface area contributed by atoms with Gasteiger partial charge in [0.1, 0.15) is 0 Å². The van der Waals surface area contributed by atoms with Crippen molar-refractivity contribution in [3.05, 3.63) is 24.3 Å². The third kappa shape index (κ3) is 3.37. The molecule has 0 unspecified atom stereocenters. The van der Waals surface area contributed by atoms with Crippen LogP contribution in [0.5, 0.6) is 11.5 Å². The molecule has 0 heterocycles. The number of carbonyl (C=O) groups is 1. The van der Waals surface area contributed by atoms with Crippen molar-refractivity contribution in [2.45, 2.75) is 39.8 Å². The summed E-state index contributed by atoms with van der Waals surface area (Å²) in [5, 5.41) is 9.52. The van der Waals surface area contributed by atoms with Gasteiger partial charge in [0.2, 0.25) is 0 Å². The lowest BCUT2D eigenvalue weighted by atomic mass is 10.2. The summed E-state index contributed by atoms with van der Waals surface area (Å²) in [7, 11) is 0. The van der Waals surface area contributed by atoms with Gasteiger partial charge >= 0.3 is 6.09 Å². The number of benzene rings is 1. The fraction of sp³-hybridized carbons (Fsp3) is 0.462. The molecule has 0 aromatic heterocycles. The first kappa shape index (κ1) is 13.4. The summed E-state index contributed by atoms with van der Waals surface area (Å²) in [6.45, 7) is 7.69. The number of phenols is 1. The molecule has 1 amide bonds. The van der Waals surface area contributed by atoms with Crippen LogP contribution in [0, 0.1) is 0 Å². The van der Waals surface area contributed by atoms with Gasteiger partial charge in [-0.15, -0.1) is 0 Å². The summed E-state index contributed by atoms with van der Waals surface area (Å²) in [5.74, 6) is 0.150. The van der Waals surface area contributed by atoms with Crippen molar-refractivity contribution in [3.63, 3.8) is 0 Å². The molecule has 1 aromatic carbocycles. The maximum Gasteiger partial charge on any atom is 0.415 e. The van der Waals surface area contributed by atoms with E-state index >= 15 is 0 Å². The number of para-hydroxylation sites is 2. The molecule has 17 heavy (non-hydrogen) atoms. The molecule has 0 atom stereocenters. The third-order valence-electron chi connectivity index (χ3n) is 2.39. The van der Waals surface area contributed by atoms with Crippen molar-refractivity contribution in [1.29, 1.82) is 0 Å². The Morgan fingerprint density at radius 2 is 1.71 bits per heavy atom. The van der Waals surface area contributed by atoms with E-state index in [0.717, 1.165) is 0 Å². The standard InChI is InChI=1S/C13H19NO3/c1-9(2)14(10(3)4)13(16)17-12-8-6-5-7-11(12)15/h5-10,15H,1-4H3. The summed E-state index contributed by atoms with van der Waals surface area (Å²) < 4.78 is 5.17. The van der Waals surface area contributed by atoms with E-state index in [1.54, 1.807) is 23.1 Å². The molecule has 0 spiro atoms. The van der Waals surface area contributed by atoms with Crippen LogP contribution in [0.25, 0.3) is 0 Å². The maximum absolute atomic E-state index is 11.9. The molecule has 0 radical (unpaired) electrons. The number of rotatable bonds is 3. The van der Waals surface area contributed by atoms with Crippen LogP contribution in [0.3, 0.4) is 0 Å². The first-order valence-electron chi connectivity index (χ1n) is 5.71. The molecule has 4 heteroatoms. The molecule has 1 rings (SSSR count). The minimum atomic E-state index is -0.448. The third-order valence-corrected chi connectivity index (χ3v) is 2.39. The van der Waals surface area contributed by atoms with Crippen molar-refractivity contribution in [2.75, 3.05) is 0 Å². The maximum atomic E-state index is 11.9. The Morgan fingerprint density at radius 3 is 2.18 bits per heavy atom. The van der Waals surface area contributed by atoms with E-state index in [0.29, 0.717) is 0 Å². The molecule has 0 saturated heterocycles. The predicted molar refractivity (Wildman–Crippen MR) is 66.2 cm³/mol. The van der Waals surface area contributed by atoms with Crippen molar-refractivity contribution < 1.29 is 14.6 Å². The van der Waals surface area contributed by atoms with Crippen LogP contribution in [0.15, 0.2) is 24.3 Å². The molecular formula is C13H19NO3. The number of phenolic OH excluding ortho intramolecular Hbond substituents is 1. The summed E-state index contributed by atoms with van der Waals surface area (Å²) >= 11 is 0. The summed E-state index contributed by atoms with van der Waals surface area (Å²) in [5.41, 5.74) is 0. The van der Waals surface area contributed by atoms with E-state index in [2.05, 4.69) is 0 Å². The van der Waals surface area contributed by atoms with E-state index in [-0.39, 0.29) is 23.6 Å². The molecule has 1 N–H and O–H groups in total. The summed E-state index contributed by atoms with van der Waals surface area (Å²) in [6, 6.07) is 6.53. The quantitative estimate of drug-likeness (QED) is 0.879. The molecule has 4 nitrogen and oxygen atoms in total. The predicted octanol–water partition coefficient (Wildman–Crippen LogP) is 3.01. The SMILES string of the molecule is CC(C)N(C(=O)Oc1ccccc1O)C(C)C. The van der Waals surface area contributed by atoms with Crippen LogP contribution >= 0.6 is 0 Å². The van der Waals surface area contributed by atoms with E-state index in [9.17, 15) is 9.90 Å². The van der Waals surface area contributed by atoms with Gasteiger partial charge in [0.05, 0.1) is 0 Å². The van der Waals surface area contributed by atoms with Crippen LogP contribution in [0.1, 0.15) is 27.7 Å². The smallest absolute Gasteiger partial charge is 0.415 e. The second kappa shape index (κ2) is 5.57. The van der Waals surface area contributed by atoms with Gasteiger partial charge in [-0.25, -0.2) is 4.79 Å². The van der Waals surface area contributed by atoms with Crippen LogP contribution in [-0.2, 0) is 0 Å². The highest BCUT2D eigenvalue weighted by Gasteiger charge is 2.22. The zero-order chi connectivity index (χ0) is 13.0. The number of hydrogen-bond donors (Lipinski definition) is 1. The van der Waals surface area contributed by atoms with Gasteiger partial charge in [-0.2, -0.15) is 0 Å². The molecule has 0 aliphatic carbocycles. The van der Waals surface area contributed by atoms with Gasteiger partial charge < -0.3 is 14.7 Å². The second-order valence-electron chi connectivity index (χ2n) is 4.43. The lowest BCUT2D eigenvalue weighted by Crippen LogP contribution is -2.43. The zero-order valence-corrected chi connectivity index (χ0v) is 10.7. The first-order chi connectivity index (χ1) is 7.93. The van der Waals surface area contributed by atoms with Crippen LogP contribution in [0.2, 0.25) is 0 Å². The molecule has 0 saturated carbocycles. The zero-order valence-electron chi connectivity index (χ0n) is 10.7. The fourth-order valence-corrected chi connectivity index (χ4v) is 1.71. The van der Waals surface area contributed by atoms with Crippen molar-refractivity contribution in [1.82, 2.24) is 4.90 Å². The van der Waals surface area contributed by atoms with E-state index < -0.39 is 6.09 Å². The Morgan fingerprint density at radius 1 is 1.18 bits per heavy atom. The molecule has 0 fully saturated rings. The fourth-order valence-electron chi connectivity index (χ4n) is 1.71. The Labute approximate surface area is 102 Å². The monoisotopic (exact) mass is 237 g/mol. The van der Waals surface area contributed by atoms with E-state index in [1.165, 1.54) is 6.07 Å². The van der Waals surface area contributed by atoms with Gasteiger partial charge in [0.25, 0.3) is 0 Å². The lowest BCUT2D eigenvalue weighted by Gasteiger charge is -2.29. The van der Waals surface area contributed by atoms with Gasteiger partial charge in [0.15, 0.2) is 11.5 Å². The highest BCUT2D eigenvalue weighted by Crippen LogP contribution is 2.25. The van der Waals surface area contributed by atoms with Crippen molar-refractivity contribution in [3.8, 4) is 11.5 Å². The minimum absolute atomic E-state index is 0.0340. The molecular weight excluding hydrogens is 218 g/mol. The van der Waals surface area contributed by atoms with Crippen molar-refractivity contribution >= 4 is 6.09 Å². The van der Waals surface area contributed by atoms with Crippen LogP contribution in [0.4, 0.5) is 4.79 Å². The highest BCUT2D eigenvalue weighted by molar-refractivity contribution is 5.72. The molecule has 94 valence electrons. The van der Waals surface area contributed by atoms with Gasteiger partial charge in [-0.3, -0.25) is 0 Å². The summed E-state index contributed by atoms with van der Waals surface area (Å²) in [4.78, 5) is 13.6. The Hall–Kier alpha value is -1.71. The minimum Gasteiger partial charge on any atom is -0.504 e. The van der Waals surface area contributed by atoms with Gasteiger partial charge in [-0.1, -0.05) is 12.1 Å². The number of amides is 1. The second-order valence-corrected chi connectivity index (χ2v) is 4.43. The molecule has 0 aliphatic heterocycles. The topological polar surface area (TPSA) is 49.8 Å². The molecule has 0 bridgehead atoms. The number of carbonyl (C=O) groups excluding carboxylic acids is 1. The number of ether oxygens (including phenoxy) is 1. The summed E-state index contributed by atoms with van der Waals surface area (Å²) in [6.07, 6.45) is -0.448. The van der Waals surface area contributed by atoms with Gasteiger partial charge in [0, 0.05) is 12.1 Å². The average Bonchev–Trinajstić information content (AvgIpc) is 2.20. The number of nitrogens with zero attached hydrogens (tertiary/aromatic N) is 1. The van der Waals surface area contributed by atoms with Crippen molar-refractivity contribution in [2.24, 2.45) is 0 Å². The van der Waals surface area contributed by atoms with E-state index in [4.69, 9.17) is 4.74 Å². The number of hydrogen-bond acceptors (Lipinski definition) is 3. The largest absolute Gasteiger partial charge is 0.504 e. The van der Waals surface area contributed by atoms with E-state index in [1.807, 2.05) is 27.7 Å². The van der Waals surface area contributed by atoms with Gasteiger partial charge in [-0.05, 0) is 39.8 Å². The first-order valence-corrected chi connectivity index (χ1v) is 5.71. The molecule has 1 aromatic rings. The molecule has 0 aliphatic rings. The Kier molecular flexibility index (Phi) is 4.37. The number of aromatic hydroxyl groups is 1. The highest BCUT2D eigenvalue weighted by atomic mass is 16.6.